The normalized spacial score (nSPS) is 15.3. The summed E-state index contributed by atoms with van der Waals surface area (Å²) in [5, 5.41) is 2.78. The van der Waals surface area contributed by atoms with E-state index < -0.39 is 0 Å². The molecule has 1 aliphatic heterocycles. The molecule has 0 spiro atoms. The zero-order valence-corrected chi connectivity index (χ0v) is 12.9. The van der Waals surface area contributed by atoms with Crippen LogP contribution in [0.3, 0.4) is 0 Å². The first-order chi connectivity index (χ1) is 11.2. The molecule has 1 aliphatic rings. The number of benzene rings is 2. The minimum atomic E-state index is -0.223. The largest absolute Gasteiger partial charge is 0.493 e. The van der Waals surface area contributed by atoms with Crippen molar-refractivity contribution in [2.75, 3.05) is 14.2 Å². The van der Waals surface area contributed by atoms with Crippen molar-refractivity contribution in [3.8, 4) is 11.5 Å². The average Bonchev–Trinajstić information content (AvgIpc) is 2.96. The number of methoxy groups -OCH3 is 2. The zero-order valence-electron chi connectivity index (χ0n) is 12.9. The van der Waals surface area contributed by atoms with Gasteiger partial charge in [-0.05, 0) is 23.8 Å². The molecule has 5 heteroatoms. The molecular formula is C18H16N2O3. The van der Waals surface area contributed by atoms with Crippen LogP contribution in [0.2, 0.25) is 0 Å². The minimum Gasteiger partial charge on any atom is -0.493 e. The van der Waals surface area contributed by atoms with Gasteiger partial charge in [-0.15, -0.1) is 0 Å². The average molecular weight is 308 g/mol. The molecule has 0 fully saturated rings. The van der Waals surface area contributed by atoms with E-state index >= 15 is 0 Å². The van der Waals surface area contributed by atoms with Gasteiger partial charge < -0.3 is 14.8 Å². The number of ether oxygens (including phenoxy) is 2. The van der Waals surface area contributed by atoms with E-state index in [2.05, 4.69) is 10.3 Å². The first-order valence-electron chi connectivity index (χ1n) is 7.10. The maximum Gasteiger partial charge on any atom is 0.275 e. The standard InChI is InChI=1S/C18H16N2O3/c1-22-15-9-8-12(11-16(15)23-2)10-14-18(21)20-17(19-14)13-6-4-3-5-7-13/h3-11H,1-2H3,(H,19,20,21)/b14-10-. The molecule has 0 bridgehead atoms. The predicted molar refractivity (Wildman–Crippen MR) is 88.6 cm³/mol. The van der Waals surface area contributed by atoms with E-state index in [0.717, 1.165) is 11.1 Å². The van der Waals surface area contributed by atoms with E-state index in [1.54, 1.807) is 32.4 Å². The van der Waals surface area contributed by atoms with Crippen LogP contribution in [0, 0.1) is 0 Å². The quantitative estimate of drug-likeness (QED) is 0.883. The van der Waals surface area contributed by atoms with E-state index in [9.17, 15) is 4.79 Å². The molecule has 2 aromatic carbocycles. The summed E-state index contributed by atoms with van der Waals surface area (Å²) in [6.07, 6.45) is 1.72. The number of nitrogens with one attached hydrogen (secondary N) is 1. The Morgan fingerprint density at radius 3 is 2.43 bits per heavy atom. The SMILES string of the molecule is COc1ccc(/C=C2\N=C(c3ccccc3)NC2=O)cc1OC. The van der Waals surface area contributed by atoms with E-state index in [4.69, 9.17) is 9.47 Å². The molecule has 0 unspecified atom stereocenters. The third kappa shape index (κ3) is 3.08. The van der Waals surface area contributed by atoms with Gasteiger partial charge in [0, 0.05) is 5.56 Å². The molecule has 1 N–H and O–H groups in total. The van der Waals surface area contributed by atoms with Crippen molar-refractivity contribution in [3.05, 3.63) is 65.4 Å². The lowest BCUT2D eigenvalue weighted by Gasteiger charge is -2.07. The van der Waals surface area contributed by atoms with Crippen LogP contribution < -0.4 is 14.8 Å². The van der Waals surface area contributed by atoms with Gasteiger partial charge in [0.15, 0.2) is 11.5 Å². The Kier molecular flexibility index (Phi) is 4.10. The lowest BCUT2D eigenvalue weighted by molar-refractivity contribution is -0.115. The molecule has 0 aromatic heterocycles. The second kappa shape index (κ2) is 6.36. The van der Waals surface area contributed by atoms with E-state index in [0.29, 0.717) is 23.0 Å². The highest BCUT2D eigenvalue weighted by atomic mass is 16.5. The Morgan fingerprint density at radius 1 is 1.00 bits per heavy atom. The van der Waals surface area contributed by atoms with Gasteiger partial charge in [0.25, 0.3) is 5.91 Å². The number of amidine groups is 1. The summed E-state index contributed by atoms with van der Waals surface area (Å²) in [6, 6.07) is 15.0. The fourth-order valence-corrected chi connectivity index (χ4v) is 2.30. The van der Waals surface area contributed by atoms with Crippen LogP contribution in [0.15, 0.2) is 59.2 Å². The van der Waals surface area contributed by atoms with Gasteiger partial charge in [0.1, 0.15) is 11.5 Å². The van der Waals surface area contributed by atoms with Crippen molar-refractivity contribution < 1.29 is 14.3 Å². The van der Waals surface area contributed by atoms with Crippen LogP contribution in [0.1, 0.15) is 11.1 Å². The first-order valence-corrected chi connectivity index (χ1v) is 7.10. The van der Waals surface area contributed by atoms with Crippen LogP contribution in [-0.4, -0.2) is 26.0 Å². The summed E-state index contributed by atoms with van der Waals surface area (Å²) >= 11 is 0. The topological polar surface area (TPSA) is 59.9 Å². The van der Waals surface area contributed by atoms with Crippen LogP contribution in [0.4, 0.5) is 0 Å². The zero-order chi connectivity index (χ0) is 16.2. The van der Waals surface area contributed by atoms with Crippen LogP contribution in [0.25, 0.3) is 6.08 Å². The number of aliphatic imine (C=N–C) groups is 1. The number of amides is 1. The van der Waals surface area contributed by atoms with E-state index in [1.165, 1.54) is 0 Å². The Balaban J connectivity index is 1.93. The van der Waals surface area contributed by atoms with Crippen molar-refractivity contribution in [2.45, 2.75) is 0 Å². The molecule has 0 saturated carbocycles. The third-order valence-electron chi connectivity index (χ3n) is 3.46. The molecule has 116 valence electrons. The third-order valence-corrected chi connectivity index (χ3v) is 3.46. The Morgan fingerprint density at radius 2 is 1.74 bits per heavy atom. The molecule has 0 radical (unpaired) electrons. The molecule has 3 rings (SSSR count). The van der Waals surface area contributed by atoms with E-state index in [-0.39, 0.29) is 5.91 Å². The smallest absolute Gasteiger partial charge is 0.275 e. The highest BCUT2D eigenvalue weighted by Crippen LogP contribution is 2.28. The maximum atomic E-state index is 12.1. The summed E-state index contributed by atoms with van der Waals surface area (Å²) in [6.45, 7) is 0. The van der Waals surface area contributed by atoms with Gasteiger partial charge in [-0.1, -0.05) is 36.4 Å². The molecular weight excluding hydrogens is 292 g/mol. The predicted octanol–water partition coefficient (Wildman–Crippen LogP) is 2.62. The van der Waals surface area contributed by atoms with Gasteiger partial charge in [-0.25, -0.2) is 4.99 Å². The van der Waals surface area contributed by atoms with Gasteiger partial charge in [-0.2, -0.15) is 0 Å². The molecule has 5 nitrogen and oxygen atoms in total. The number of nitrogens with zero attached hydrogens (tertiary/aromatic N) is 1. The van der Waals surface area contributed by atoms with Gasteiger partial charge >= 0.3 is 0 Å². The fraction of sp³-hybridized carbons (Fsp3) is 0.111. The highest BCUT2D eigenvalue weighted by Gasteiger charge is 2.21. The van der Waals surface area contributed by atoms with Gasteiger partial charge in [0.05, 0.1) is 14.2 Å². The maximum absolute atomic E-state index is 12.1. The molecule has 2 aromatic rings. The second-order valence-electron chi connectivity index (χ2n) is 4.92. The molecule has 0 saturated heterocycles. The van der Waals surface area contributed by atoms with Gasteiger partial charge in [0.2, 0.25) is 0 Å². The lowest BCUT2D eigenvalue weighted by atomic mass is 10.1. The monoisotopic (exact) mass is 308 g/mol. The highest BCUT2D eigenvalue weighted by molar-refractivity contribution is 6.19. The summed E-state index contributed by atoms with van der Waals surface area (Å²) in [7, 11) is 3.15. The molecule has 0 atom stereocenters. The lowest BCUT2D eigenvalue weighted by Crippen LogP contribution is -2.24. The van der Waals surface area contributed by atoms with E-state index in [1.807, 2.05) is 36.4 Å². The fourth-order valence-electron chi connectivity index (χ4n) is 2.30. The van der Waals surface area contributed by atoms with Gasteiger partial charge in [-0.3, -0.25) is 4.79 Å². The minimum absolute atomic E-state index is 0.223. The summed E-state index contributed by atoms with van der Waals surface area (Å²) in [5.41, 5.74) is 2.04. The Hall–Kier alpha value is -3.08. The van der Waals surface area contributed by atoms with Crippen molar-refractivity contribution >= 4 is 17.8 Å². The van der Waals surface area contributed by atoms with Crippen LogP contribution in [0.5, 0.6) is 11.5 Å². The molecule has 0 aliphatic carbocycles. The summed E-state index contributed by atoms with van der Waals surface area (Å²) in [4.78, 5) is 16.5. The first kappa shape index (κ1) is 14.8. The summed E-state index contributed by atoms with van der Waals surface area (Å²) < 4.78 is 10.5. The Labute approximate surface area is 134 Å². The number of carbonyl (C=O) groups excluding carboxylic acids is 1. The molecule has 1 amide bonds. The van der Waals surface area contributed by atoms with Crippen molar-refractivity contribution in [2.24, 2.45) is 4.99 Å². The number of carbonyl (C=O) groups is 1. The Bertz CT molecular complexity index is 795. The number of hydrogen-bond donors (Lipinski definition) is 1. The number of hydrogen-bond acceptors (Lipinski definition) is 4. The molecule has 1 heterocycles. The molecule has 23 heavy (non-hydrogen) atoms. The second-order valence-corrected chi connectivity index (χ2v) is 4.92. The van der Waals surface area contributed by atoms with Crippen LogP contribution in [-0.2, 0) is 4.79 Å². The number of rotatable bonds is 4. The van der Waals surface area contributed by atoms with Crippen molar-refractivity contribution in [1.82, 2.24) is 5.32 Å². The summed E-state index contributed by atoms with van der Waals surface area (Å²) in [5.74, 6) is 1.58. The van der Waals surface area contributed by atoms with Crippen molar-refractivity contribution in [3.63, 3.8) is 0 Å². The van der Waals surface area contributed by atoms with Crippen LogP contribution >= 0.6 is 0 Å². The van der Waals surface area contributed by atoms with Crippen molar-refractivity contribution in [1.29, 1.82) is 0 Å².